The molecule has 0 aromatic heterocycles. The molecule has 3 nitrogen and oxygen atoms in total. The molecule has 0 atom stereocenters. The molecular weight excluding hydrogens is 354 g/mol. The molecule has 0 saturated heterocycles. The van der Waals surface area contributed by atoms with E-state index in [-0.39, 0.29) is 11.1 Å². The van der Waals surface area contributed by atoms with Gasteiger partial charge in [-0.2, -0.15) is 13.2 Å². The van der Waals surface area contributed by atoms with Gasteiger partial charge in [0.15, 0.2) is 0 Å². The van der Waals surface area contributed by atoms with E-state index in [0.29, 0.717) is 0 Å². The van der Waals surface area contributed by atoms with Crippen molar-refractivity contribution in [2.24, 2.45) is 0 Å². The Bertz CT molecular complexity index is 780. The van der Waals surface area contributed by atoms with Crippen molar-refractivity contribution in [3.8, 4) is 16.9 Å². The summed E-state index contributed by atoms with van der Waals surface area (Å²) in [5.74, 6) is -2.04. The van der Waals surface area contributed by atoms with Crippen molar-refractivity contribution < 1.29 is 40.6 Å². The van der Waals surface area contributed by atoms with Gasteiger partial charge in [0.1, 0.15) is 11.3 Å². The Morgan fingerprint density at radius 1 is 0.960 bits per heavy atom. The van der Waals surface area contributed by atoms with Crippen molar-refractivity contribution in [3.63, 3.8) is 0 Å². The zero-order valence-electron chi connectivity index (χ0n) is 12.5. The third-order valence-corrected chi connectivity index (χ3v) is 3.15. The Labute approximate surface area is 137 Å². The number of carbonyl (C=O) groups excluding carboxylic acids is 1. The highest BCUT2D eigenvalue weighted by atomic mass is 19.4. The first kappa shape index (κ1) is 18.6. The average molecular weight is 364 g/mol. The normalized spacial score (nSPS) is 12.0. The van der Waals surface area contributed by atoms with Crippen molar-refractivity contribution in [1.82, 2.24) is 0 Å². The number of alkyl halides is 6. The fourth-order valence-corrected chi connectivity index (χ4v) is 2.16. The van der Waals surface area contributed by atoms with E-state index in [0.717, 1.165) is 37.4 Å². The van der Waals surface area contributed by atoms with Crippen LogP contribution < -0.4 is 4.74 Å². The third-order valence-electron chi connectivity index (χ3n) is 3.15. The number of carbonyl (C=O) groups is 1. The maximum absolute atomic E-state index is 13.1. The average Bonchev–Trinajstić information content (AvgIpc) is 2.52. The van der Waals surface area contributed by atoms with Gasteiger partial charge >= 0.3 is 18.5 Å². The van der Waals surface area contributed by atoms with Crippen LogP contribution in [0.15, 0.2) is 42.5 Å². The minimum absolute atomic E-state index is 0.108. The molecule has 134 valence electrons. The largest absolute Gasteiger partial charge is 0.573 e. The molecule has 0 spiro atoms. The van der Waals surface area contributed by atoms with Crippen LogP contribution in [-0.2, 0) is 10.9 Å². The van der Waals surface area contributed by atoms with Crippen molar-refractivity contribution in [2.75, 3.05) is 7.11 Å². The summed E-state index contributed by atoms with van der Waals surface area (Å²) in [7, 11) is 0.927. The Balaban J connectivity index is 2.61. The minimum atomic E-state index is -5.08. The van der Waals surface area contributed by atoms with Crippen LogP contribution in [0.5, 0.6) is 5.75 Å². The number of hydrogen-bond donors (Lipinski definition) is 0. The summed E-state index contributed by atoms with van der Waals surface area (Å²) < 4.78 is 84.6. The number of benzene rings is 2. The highest BCUT2D eigenvalue weighted by Crippen LogP contribution is 2.38. The second-order valence-corrected chi connectivity index (χ2v) is 4.79. The van der Waals surface area contributed by atoms with Gasteiger partial charge in [-0.1, -0.05) is 24.3 Å². The van der Waals surface area contributed by atoms with Crippen LogP contribution >= 0.6 is 0 Å². The van der Waals surface area contributed by atoms with Crippen molar-refractivity contribution in [1.29, 1.82) is 0 Å². The molecule has 2 aromatic rings. The molecule has 0 bridgehead atoms. The van der Waals surface area contributed by atoms with E-state index in [1.807, 2.05) is 0 Å². The third kappa shape index (κ3) is 4.43. The number of rotatable bonds is 3. The molecule has 9 heteroatoms. The molecule has 0 aliphatic rings. The van der Waals surface area contributed by atoms with Crippen LogP contribution in [-0.4, -0.2) is 19.4 Å². The van der Waals surface area contributed by atoms with Crippen molar-refractivity contribution in [2.45, 2.75) is 12.5 Å². The Hall–Kier alpha value is -2.71. The van der Waals surface area contributed by atoms with Crippen LogP contribution in [0.2, 0.25) is 0 Å². The summed E-state index contributed by atoms with van der Waals surface area (Å²) in [4.78, 5) is 11.7. The molecule has 0 heterocycles. The van der Waals surface area contributed by atoms with Crippen LogP contribution in [0, 0.1) is 0 Å². The molecule has 0 amide bonds. The number of methoxy groups -OCH3 is 1. The second-order valence-electron chi connectivity index (χ2n) is 4.79. The zero-order chi connectivity index (χ0) is 18.8. The summed E-state index contributed by atoms with van der Waals surface area (Å²) >= 11 is 0. The summed E-state index contributed by atoms with van der Waals surface area (Å²) in [6, 6.07) is 7.10. The Kier molecular flexibility index (Phi) is 4.96. The predicted octanol–water partition coefficient (Wildman–Crippen LogP) is 5.06. The predicted molar refractivity (Wildman–Crippen MR) is 74.9 cm³/mol. The first-order valence-electron chi connectivity index (χ1n) is 6.67. The summed E-state index contributed by atoms with van der Waals surface area (Å²) in [5.41, 5.74) is -2.04. The first-order chi connectivity index (χ1) is 11.5. The van der Waals surface area contributed by atoms with Gasteiger partial charge in [-0.15, -0.1) is 13.2 Å². The molecule has 0 saturated carbocycles. The van der Waals surface area contributed by atoms with Gasteiger partial charge in [-0.05, 0) is 29.3 Å². The molecule has 0 radical (unpaired) electrons. The van der Waals surface area contributed by atoms with E-state index in [1.54, 1.807) is 0 Å². The smallest absolute Gasteiger partial charge is 0.465 e. The lowest BCUT2D eigenvalue weighted by Gasteiger charge is -2.16. The lowest BCUT2D eigenvalue weighted by atomic mass is 9.97. The van der Waals surface area contributed by atoms with Gasteiger partial charge < -0.3 is 9.47 Å². The number of halogens is 6. The summed E-state index contributed by atoms with van der Waals surface area (Å²) in [6.07, 6.45) is -9.75. The van der Waals surface area contributed by atoms with E-state index in [2.05, 4.69) is 9.47 Å². The molecular formula is C16H10F6O3. The van der Waals surface area contributed by atoms with Crippen LogP contribution in [0.4, 0.5) is 26.3 Å². The molecule has 2 aromatic carbocycles. The standard InChI is InChI=1S/C16H10F6O3/c1-24-14(23)11-8-9(6-7-13(11)25-16(20,21)22)10-4-2-3-5-12(10)15(17,18)19/h2-8H,1H3. The lowest BCUT2D eigenvalue weighted by molar-refractivity contribution is -0.274. The van der Waals surface area contributed by atoms with E-state index < -0.39 is 35.4 Å². The molecule has 0 unspecified atom stereocenters. The fraction of sp³-hybridized carbons (Fsp3) is 0.188. The second kappa shape index (κ2) is 6.66. The summed E-state index contributed by atoms with van der Waals surface area (Å²) in [6.45, 7) is 0. The molecule has 0 fully saturated rings. The highest BCUT2D eigenvalue weighted by Gasteiger charge is 2.35. The molecule has 0 aliphatic carbocycles. The quantitative estimate of drug-likeness (QED) is 0.564. The van der Waals surface area contributed by atoms with Gasteiger partial charge in [-0.25, -0.2) is 4.79 Å². The maximum Gasteiger partial charge on any atom is 0.573 e. The van der Waals surface area contributed by atoms with Crippen molar-refractivity contribution >= 4 is 5.97 Å². The number of hydrogen-bond acceptors (Lipinski definition) is 3. The van der Waals surface area contributed by atoms with Crippen LogP contribution in [0.1, 0.15) is 15.9 Å². The topological polar surface area (TPSA) is 35.5 Å². The Morgan fingerprint density at radius 3 is 2.16 bits per heavy atom. The number of esters is 1. The van der Waals surface area contributed by atoms with E-state index in [1.165, 1.54) is 12.1 Å². The highest BCUT2D eigenvalue weighted by molar-refractivity contribution is 5.94. The molecule has 2 rings (SSSR count). The summed E-state index contributed by atoms with van der Waals surface area (Å²) in [5, 5.41) is 0. The minimum Gasteiger partial charge on any atom is -0.465 e. The SMILES string of the molecule is COC(=O)c1cc(-c2ccccc2C(F)(F)F)ccc1OC(F)(F)F. The monoisotopic (exact) mass is 364 g/mol. The van der Waals surface area contributed by atoms with Crippen LogP contribution in [0.3, 0.4) is 0 Å². The lowest BCUT2D eigenvalue weighted by Crippen LogP contribution is -2.19. The van der Waals surface area contributed by atoms with Gasteiger partial charge in [0.25, 0.3) is 0 Å². The van der Waals surface area contributed by atoms with Crippen molar-refractivity contribution in [3.05, 3.63) is 53.6 Å². The zero-order valence-corrected chi connectivity index (χ0v) is 12.5. The maximum atomic E-state index is 13.1. The van der Waals surface area contributed by atoms with Gasteiger partial charge in [-0.3, -0.25) is 0 Å². The van der Waals surface area contributed by atoms with E-state index in [9.17, 15) is 31.1 Å². The molecule has 0 N–H and O–H groups in total. The first-order valence-corrected chi connectivity index (χ1v) is 6.67. The number of ether oxygens (including phenoxy) is 2. The van der Waals surface area contributed by atoms with E-state index in [4.69, 9.17) is 0 Å². The Morgan fingerprint density at radius 2 is 1.60 bits per heavy atom. The van der Waals surface area contributed by atoms with Gasteiger partial charge in [0, 0.05) is 0 Å². The molecule has 0 aliphatic heterocycles. The fourth-order valence-electron chi connectivity index (χ4n) is 2.16. The van der Waals surface area contributed by atoms with Crippen LogP contribution in [0.25, 0.3) is 11.1 Å². The molecule has 25 heavy (non-hydrogen) atoms. The van der Waals surface area contributed by atoms with Gasteiger partial charge in [0.2, 0.25) is 0 Å². The van der Waals surface area contributed by atoms with Gasteiger partial charge in [0.05, 0.1) is 12.7 Å². The van der Waals surface area contributed by atoms with E-state index >= 15 is 0 Å².